The number of rotatable bonds is 3. The van der Waals surface area contributed by atoms with E-state index >= 15 is 0 Å². The highest BCUT2D eigenvalue weighted by Crippen LogP contribution is 2.26. The van der Waals surface area contributed by atoms with Gasteiger partial charge >= 0.3 is 0 Å². The van der Waals surface area contributed by atoms with Gasteiger partial charge in [0.15, 0.2) is 0 Å². The lowest BCUT2D eigenvalue weighted by Gasteiger charge is -2.22. The molecule has 4 nitrogen and oxygen atoms in total. The number of fused-ring (bicyclic) bond motifs is 1. The van der Waals surface area contributed by atoms with Crippen LogP contribution in [0.25, 0.3) is 0 Å². The number of carbonyl (C=O) groups is 1. The summed E-state index contributed by atoms with van der Waals surface area (Å²) in [6.45, 7) is 1.88. The molecule has 3 rings (SSSR count). The summed E-state index contributed by atoms with van der Waals surface area (Å²) in [5.41, 5.74) is 0. The number of thiazole rings is 1. The first kappa shape index (κ1) is 10.2. The third-order valence-electron chi connectivity index (χ3n) is 3.48. The molecular formula is C11H15N3OS. The maximum atomic E-state index is 11.8. The van der Waals surface area contributed by atoms with Crippen molar-refractivity contribution in [3.05, 3.63) is 16.6 Å². The Balaban J connectivity index is 1.63. The lowest BCUT2D eigenvalue weighted by Crippen LogP contribution is -2.37. The van der Waals surface area contributed by atoms with Gasteiger partial charge in [-0.25, -0.2) is 4.98 Å². The van der Waals surface area contributed by atoms with Crippen molar-refractivity contribution in [3.8, 4) is 0 Å². The van der Waals surface area contributed by atoms with Crippen molar-refractivity contribution in [2.24, 2.45) is 0 Å². The predicted octanol–water partition coefficient (Wildman–Crippen LogP) is 0.648. The van der Waals surface area contributed by atoms with Crippen LogP contribution in [0.1, 0.15) is 17.8 Å². The zero-order valence-electron chi connectivity index (χ0n) is 9.06. The first-order valence-corrected chi connectivity index (χ1v) is 6.64. The topological polar surface area (TPSA) is 45.2 Å². The molecule has 0 aromatic carbocycles. The third kappa shape index (κ3) is 1.74. The van der Waals surface area contributed by atoms with Crippen LogP contribution in [-0.4, -0.2) is 41.0 Å². The SMILES string of the molecule is O=C1C[C@H]2NCC[C@H]2N1CCc1nccs1. The molecule has 0 spiro atoms. The van der Waals surface area contributed by atoms with E-state index in [-0.39, 0.29) is 0 Å². The summed E-state index contributed by atoms with van der Waals surface area (Å²) in [6.07, 6.45) is 4.51. The Hall–Kier alpha value is -0.940. The normalized spacial score (nSPS) is 28.8. The van der Waals surface area contributed by atoms with Crippen molar-refractivity contribution < 1.29 is 4.79 Å². The minimum Gasteiger partial charge on any atom is -0.338 e. The quantitative estimate of drug-likeness (QED) is 0.839. The van der Waals surface area contributed by atoms with Crippen molar-refractivity contribution >= 4 is 17.2 Å². The molecule has 0 saturated carbocycles. The van der Waals surface area contributed by atoms with E-state index in [0.29, 0.717) is 24.4 Å². The largest absolute Gasteiger partial charge is 0.338 e. The number of aromatic nitrogens is 1. The van der Waals surface area contributed by atoms with E-state index in [1.807, 2.05) is 16.5 Å². The molecule has 1 aromatic rings. The molecule has 0 unspecified atom stereocenters. The van der Waals surface area contributed by atoms with Gasteiger partial charge in [0.25, 0.3) is 0 Å². The highest BCUT2D eigenvalue weighted by atomic mass is 32.1. The average Bonchev–Trinajstić information content (AvgIpc) is 2.92. The van der Waals surface area contributed by atoms with Crippen LogP contribution >= 0.6 is 11.3 Å². The van der Waals surface area contributed by atoms with E-state index < -0.39 is 0 Å². The lowest BCUT2D eigenvalue weighted by molar-refractivity contribution is -0.129. The second-order valence-corrected chi connectivity index (χ2v) is 5.36. The second kappa shape index (κ2) is 4.14. The van der Waals surface area contributed by atoms with Crippen LogP contribution in [0.3, 0.4) is 0 Å². The Morgan fingerprint density at radius 1 is 1.62 bits per heavy atom. The Morgan fingerprint density at radius 2 is 2.56 bits per heavy atom. The fraction of sp³-hybridized carbons (Fsp3) is 0.636. The van der Waals surface area contributed by atoms with Gasteiger partial charge in [-0.15, -0.1) is 11.3 Å². The number of hydrogen-bond acceptors (Lipinski definition) is 4. The summed E-state index contributed by atoms with van der Waals surface area (Å²) >= 11 is 1.67. The van der Waals surface area contributed by atoms with Crippen LogP contribution in [0.4, 0.5) is 0 Å². The van der Waals surface area contributed by atoms with Gasteiger partial charge in [0.1, 0.15) is 0 Å². The molecule has 2 aliphatic heterocycles. The average molecular weight is 237 g/mol. The summed E-state index contributed by atoms with van der Waals surface area (Å²) in [4.78, 5) is 18.1. The molecule has 5 heteroatoms. The zero-order valence-corrected chi connectivity index (χ0v) is 9.87. The zero-order chi connectivity index (χ0) is 11.0. The van der Waals surface area contributed by atoms with Crippen LogP contribution < -0.4 is 5.32 Å². The first-order chi connectivity index (χ1) is 7.84. The molecule has 2 atom stereocenters. The Kier molecular flexibility index (Phi) is 2.65. The van der Waals surface area contributed by atoms with Crippen LogP contribution in [-0.2, 0) is 11.2 Å². The van der Waals surface area contributed by atoms with E-state index in [1.54, 1.807) is 11.3 Å². The third-order valence-corrected chi connectivity index (χ3v) is 4.32. The van der Waals surface area contributed by atoms with Gasteiger partial charge in [-0.2, -0.15) is 0 Å². The number of carbonyl (C=O) groups excluding carboxylic acids is 1. The number of amides is 1. The van der Waals surface area contributed by atoms with Gasteiger partial charge in [0, 0.05) is 43.0 Å². The maximum Gasteiger partial charge on any atom is 0.224 e. The van der Waals surface area contributed by atoms with E-state index in [0.717, 1.165) is 30.9 Å². The molecule has 86 valence electrons. The van der Waals surface area contributed by atoms with Crippen LogP contribution in [0, 0.1) is 0 Å². The van der Waals surface area contributed by atoms with Gasteiger partial charge < -0.3 is 10.2 Å². The van der Waals surface area contributed by atoms with Gasteiger partial charge in [-0.1, -0.05) is 0 Å². The molecule has 16 heavy (non-hydrogen) atoms. The maximum absolute atomic E-state index is 11.8. The Bertz CT molecular complexity index is 379. The van der Waals surface area contributed by atoms with Crippen molar-refractivity contribution in [3.63, 3.8) is 0 Å². The van der Waals surface area contributed by atoms with E-state index in [1.165, 1.54) is 0 Å². The lowest BCUT2D eigenvalue weighted by atomic mass is 10.1. The number of likely N-dealkylation sites (tertiary alicyclic amines) is 1. The summed E-state index contributed by atoms with van der Waals surface area (Å²) in [6, 6.07) is 0.844. The molecule has 2 saturated heterocycles. The molecular weight excluding hydrogens is 222 g/mol. The summed E-state index contributed by atoms with van der Waals surface area (Å²) in [7, 11) is 0. The van der Waals surface area contributed by atoms with E-state index in [2.05, 4.69) is 10.3 Å². The molecule has 1 N–H and O–H groups in total. The van der Waals surface area contributed by atoms with Gasteiger partial charge in [-0.3, -0.25) is 4.79 Å². The molecule has 3 heterocycles. The molecule has 0 bridgehead atoms. The van der Waals surface area contributed by atoms with Crippen LogP contribution in [0.15, 0.2) is 11.6 Å². The predicted molar refractivity (Wildman–Crippen MR) is 62.3 cm³/mol. The highest BCUT2D eigenvalue weighted by molar-refractivity contribution is 7.09. The van der Waals surface area contributed by atoms with Crippen molar-refractivity contribution in [1.29, 1.82) is 0 Å². The fourth-order valence-electron chi connectivity index (χ4n) is 2.71. The Morgan fingerprint density at radius 3 is 3.38 bits per heavy atom. The van der Waals surface area contributed by atoms with Gasteiger partial charge in [0.2, 0.25) is 5.91 Å². The van der Waals surface area contributed by atoms with Gasteiger partial charge in [0.05, 0.1) is 5.01 Å². The summed E-state index contributed by atoms with van der Waals surface area (Å²) < 4.78 is 0. The van der Waals surface area contributed by atoms with E-state index in [4.69, 9.17) is 0 Å². The molecule has 0 radical (unpaired) electrons. The number of nitrogens with zero attached hydrogens (tertiary/aromatic N) is 2. The van der Waals surface area contributed by atoms with Crippen LogP contribution in [0.2, 0.25) is 0 Å². The van der Waals surface area contributed by atoms with Crippen molar-refractivity contribution in [1.82, 2.24) is 15.2 Å². The standard InChI is InChI=1S/C11H15N3OS/c15-11-7-8-9(1-3-12-8)14(11)5-2-10-13-4-6-16-10/h4,6,8-9,12H,1-3,5,7H2/t8-,9-/m1/s1. The molecule has 1 amide bonds. The molecule has 1 aromatic heterocycles. The molecule has 2 fully saturated rings. The van der Waals surface area contributed by atoms with Gasteiger partial charge in [-0.05, 0) is 13.0 Å². The fourth-order valence-corrected chi connectivity index (χ4v) is 3.32. The smallest absolute Gasteiger partial charge is 0.224 e. The Labute approximate surface area is 98.7 Å². The number of hydrogen-bond donors (Lipinski definition) is 1. The number of nitrogens with one attached hydrogen (secondary N) is 1. The summed E-state index contributed by atoms with van der Waals surface area (Å²) in [5.74, 6) is 0.304. The van der Waals surface area contributed by atoms with E-state index in [9.17, 15) is 4.79 Å². The van der Waals surface area contributed by atoms with Crippen molar-refractivity contribution in [2.75, 3.05) is 13.1 Å². The van der Waals surface area contributed by atoms with Crippen molar-refractivity contribution in [2.45, 2.75) is 31.3 Å². The first-order valence-electron chi connectivity index (χ1n) is 5.76. The second-order valence-electron chi connectivity index (χ2n) is 4.38. The highest BCUT2D eigenvalue weighted by Gasteiger charge is 2.41. The molecule has 0 aliphatic carbocycles. The molecule has 2 aliphatic rings. The monoisotopic (exact) mass is 237 g/mol. The minimum absolute atomic E-state index is 0.304. The van der Waals surface area contributed by atoms with Crippen LogP contribution in [0.5, 0.6) is 0 Å². The minimum atomic E-state index is 0.304. The summed E-state index contributed by atoms with van der Waals surface area (Å²) in [5, 5.41) is 6.51.